The molecule has 2 saturated heterocycles. The third kappa shape index (κ3) is 4.83. The molecular formula is C18H27N5O3. The van der Waals surface area contributed by atoms with Crippen LogP contribution < -0.4 is 5.32 Å². The molecule has 0 aliphatic carbocycles. The van der Waals surface area contributed by atoms with Gasteiger partial charge in [0.15, 0.2) is 0 Å². The van der Waals surface area contributed by atoms with E-state index in [1.54, 1.807) is 15.8 Å². The Hall–Kier alpha value is -2.38. The van der Waals surface area contributed by atoms with Crippen molar-refractivity contribution in [3.63, 3.8) is 0 Å². The third-order valence-corrected chi connectivity index (χ3v) is 5.10. The van der Waals surface area contributed by atoms with Crippen molar-refractivity contribution in [3.8, 4) is 0 Å². The molecule has 1 atom stereocenters. The fourth-order valence-corrected chi connectivity index (χ4v) is 3.61. The number of hydrogen-bond donors (Lipinski definition) is 1. The third-order valence-electron chi connectivity index (χ3n) is 5.10. The molecule has 0 unspecified atom stereocenters. The van der Waals surface area contributed by atoms with E-state index >= 15 is 0 Å². The standard InChI is InChI=1S/C18H27N5O3/c24-16-4-1-9-21(16)10-3-11-22-14-15(5-6-17(22)25)18(26)19-8-13-23-12-2-7-20-23/h2,7,12,15H,1,3-6,8-11,13-14H2,(H,19,26)/t15-/m0/s1. The zero-order valence-electron chi connectivity index (χ0n) is 15.1. The number of hydrogen-bond acceptors (Lipinski definition) is 4. The van der Waals surface area contributed by atoms with Gasteiger partial charge in [-0.05, 0) is 25.3 Å². The highest BCUT2D eigenvalue weighted by Crippen LogP contribution is 2.18. The molecule has 0 spiro atoms. The van der Waals surface area contributed by atoms with Crippen LogP contribution in [-0.4, -0.2) is 70.0 Å². The highest BCUT2D eigenvalue weighted by Gasteiger charge is 2.30. The molecule has 1 aromatic heterocycles. The molecule has 2 aliphatic heterocycles. The van der Waals surface area contributed by atoms with Gasteiger partial charge in [-0.1, -0.05) is 0 Å². The van der Waals surface area contributed by atoms with E-state index in [1.165, 1.54) is 0 Å². The van der Waals surface area contributed by atoms with E-state index in [1.807, 2.05) is 17.2 Å². The Balaban J connectivity index is 1.39. The molecule has 0 bridgehead atoms. The summed E-state index contributed by atoms with van der Waals surface area (Å²) in [6.45, 7) is 3.78. The lowest BCUT2D eigenvalue weighted by molar-refractivity contribution is -0.138. The van der Waals surface area contributed by atoms with E-state index in [9.17, 15) is 14.4 Å². The van der Waals surface area contributed by atoms with Crippen molar-refractivity contribution in [1.29, 1.82) is 0 Å². The molecule has 8 heteroatoms. The molecule has 0 aromatic carbocycles. The lowest BCUT2D eigenvalue weighted by atomic mass is 9.96. The van der Waals surface area contributed by atoms with Crippen LogP contribution in [0.4, 0.5) is 0 Å². The molecule has 1 N–H and O–H groups in total. The number of nitrogens with one attached hydrogen (secondary N) is 1. The zero-order chi connectivity index (χ0) is 18.4. The molecule has 3 rings (SSSR count). The number of amides is 3. The topological polar surface area (TPSA) is 87.5 Å². The van der Waals surface area contributed by atoms with Gasteiger partial charge in [0.2, 0.25) is 17.7 Å². The van der Waals surface area contributed by atoms with Crippen LogP contribution in [0.25, 0.3) is 0 Å². The van der Waals surface area contributed by atoms with E-state index in [-0.39, 0.29) is 23.6 Å². The second-order valence-corrected chi connectivity index (χ2v) is 6.97. The summed E-state index contributed by atoms with van der Waals surface area (Å²) in [4.78, 5) is 39.8. The zero-order valence-corrected chi connectivity index (χ0v) is 15.1. The van der Waals surface area contributed by atoms with Crippen LogP contribution in [0.1, 0.15) is 32.1 Å². The van der Waals surface area contributed by atoms with E-state index < -0.39 is 0 Å². The molecule has 26 heavy (non-hydrogen) atoms. The van der Waals surface area contributed by atoms with Gasteiger partial charge in [0, 0.05) is 58.0 Å². The fourth-order valence-electron chi connectivity index (χ4n) is 3.61. The number of carbonyl (C=O) groups excluding carboxylic acids is 3. The van der Waals surface area contributed by atoms with E-state index in [0.29, 0.717) is 52.0 Å². The smallest absolute Gasteiger partial charge is 0.224 e. The summed E-state index contributed by atoms with van der Waals surface area (Å²) in [7, 11) is 0. The number of rotatable bonds is 8. The van der Waals surface area contributed by atoms with Crippen molar-refractivity contribution in [3.05, 3.63) is 18.5 Å². The van der Waals surface area contributed by atoms with Gasteiger partial charge in [-0.2, -0.15) is 5.10 Å². The van der Waals surface area contributed by atoms with Crippen LogP contribution in [0.5, 0.6) is 0 Å². The number of carbonyl (C=O) groups is 3. The average Bonchev–Trinajstić information content (AvgIpc) is 3.28. The summed E-state index contributed by atoms with van der Waals surface area (Å²) in [5.41, 5.74) is 0. The van der Waals surface area contributed by atoms with Crippen molar-refractivity contribution < 1.29 is 14.4 Å². The van der Waals surface area contributed by atoms with Crippen molar-refractivity contribution in [2.45, 2.75) is 38.6 Å². The lowest BCUT2D eigenvalue weighted by Gasteiger charge is -2.32. The van der Waals surface area contributed by atoms with Crippen LogP contribution in [0.2, 0.25) is 0 Å². The molecule has 8 nitrogen and oxygen atoms in total. The molecule has 0 radical (unpaired) electrons. The first-order chi connectivity index (χ1) is 12.6. The number of likely N-dealkylation sites (tertiary alicyclic amines) is 2. The molecule has 3 heterocycles. The van der Waals surface area contributed by atoms with Gasteiger partial charge >= 0.3 is 0 Å². The Kier molecular flexibility index (Phi) is 6.25. The summed E-state index contributed by atoms with van der Waals surface area (Å²) >= 11 is 0. The van der Waals surface area contributed by atoms with Crippen molar-refractivity contribution >= 4 is 17.7 Å². The Morgan fingerprint density at radius 1 is 1.15 bits per heavy atom. The van der Waals surface area contributed by atoms with E-state index in [2.05, 4.69) is 10.4 Å². The second-order valence-electron chi connectivity index (χ2n) is 6.97. The fraction of sp³-hybridized carbons (Fsp3) is 0.667. The summed E-state index contributed by atoms with van der Waals surface area (Å²) < 4.78 is 1.77. The lowest BCUT2D eigenvalue weighted by Crippen LogP contribution is -2.46. The Morgan fingerprint density at radius 3 is 2.69 bits per heavy atom. The van der Waals surface area contributed by atoms with Crippen molar-refractivity contribution in [1.82, 2.24) is 24.9 Å². The number of nitrogens with zero attached hydrogens (tertiary/aromatic N) is 4. The SMILES string of the molecule is O=C(NCCn1cccn1)[C@H]1CCC(=O)N(CCCN2CCCC2=O)C1. The molecule has 2 fully saturated rings. The maximum absolute atomic E-state index is 12.4. The maximum atomic E-state index is 12.4. The average molecular weight is 361 g/mol. The molecule has 0 saturated carbocycles. The van der Waals surface area contributed by atoms with Gasteiger partial charge in [0.25, 0.3) is 0 Å². The minimum atomic E-state index is -0.154. The van der Waals surface area contributed by atoms with Crippen LogP contribution in [0, 0.1) is 5.92 Å². The highest BCUT2D eigenvalue weighted by atomic mass is 16.2. The minimum absolute atomic E-state index is 0.00405. The number of piperidine rings is 1. The Labute approximate surface area is 153 Å². The van der Waals surface area contributed by atoms with E-state index in [0.717, 1.165) is 19.4 Å². The quantitative estimate of drug-likeness (QED) is 0.719. The predicted octanol–water partition coefficient (Wildman–Crippen LogP) is 0.250. The first kappa shape index (κ1) is 18.4. The maximum Gasteiger partial charge on any atom is 0.224 e. The molecule has 142 valence electrons. The highest BCUT2D eigenvalue weighted by molar-refractivity contribution is 5.83. The van der Waals surface area contributed by atoms with Gasteiger partial charge in [-0.15, -0.1) is 0 Å². The molecule has 1 aromatic rings. The number of aromatic nitrogens is 2. The summed E-state index contributed by atoms with van der Waals surface area (Å²) in [6, 6.07) is 1.85. The second kappa shape index (κ2) is 8.82. The Morgan fingerprint density at radius 2 is 1.96 bits per heavy atom. The summed E-state index contributed by atoms with van der Waals surface area (Å²) in [5.74, 6) is 0.172. The first-order valence-corrected chi connectivity index (χ1v) is 9.44. The van der Waals surface area contributed by atoms with Crippen LogP contribution in [0.3, 0.4) is 0 Å². The van der Waals surface area contributed by atoms with Gasteiger partial charge in [0.1, 0.15) is 0 Å². The first-order valence-electron chi connectivity index (χ1n) is 9.44. The minimum Gasteiger partial charge on any atom is -0.354 e. The largest absolute Gasteiger partial charge is 0.354 e. The Bertz CT molecular complexity index is 631. The van der Waals surface area contributed by atoms with Crippen molar-refractivity contribution in [2.24, 2.45) is 5.92 Å². The summed E-state index contributed by atoms with van der Waals surface area (Å²) in [5, 5.41) is 7.05. The summed E-state index contributed by atoms with van der Waals surface area (Å²) in [6.07, 6.45) is 6.94. The van der Waals surface area contributed by atoms with Gasteiger partial charge < -0.3 is 15.1 Å². The predicted molar refractivity (Wildman–Crippen MR) is 95.0 cm³/mol. The molecule has 3 amide bonds. The van der Waals surface area contributed by atoms with Gasteiger partial charge in [-0.25, -0.2) is 0 Å². The van der Waals surface area contributed by atoms with Crippen LogP contribution in [0.15, 0.2) is 18.5 Å². The monoisotopic (exact) mass is 361 g/mol. The van der Waals surface area contributed by atoms with Crippen LogP contribution >= 0.6 is 0 Å². The molecule has 2 aliphatic rings. The normalized spacial score (nSPS) is 20.7. The van der Waals surface area contributed by atoms with Crippen LogP contribution in [-0.2, 0) is 20.9 Å². The van der Waals surface area contributed by atoms with Crippen molar-refractivity contribution in [2.75, 3.05) is 32.7 Å². The van der Waals surface area contributed by atoms with Gasteiger partial charge in [-0.3, -0.25) is 19.1 Å². The molecular weight excluding hydrogens is 334 g/mol. The van der Waals surface area contributed by atoms with Gasteiger partial charge in [0.05, 0.1) is 12.5 Å². The van der Waals surface area contributed by atoms with E-state index in [4.69, 9.17) is 0 Å².